The van der Waals surface area contributed by atoms with Gasteiger partial charge in [-0.1, -0.05) is 65.7 Å². The molecule has 185 valence electrons. The molecular formula is C32H21Cl2N2O2. The lowest BCUT2D eigenvalue weighted by atomic mass is 10.0. The van der Waals surface area contributed by atoms with E-state index in [1.165, 1.54) is 0 Å². The summed E-state index contributed by atoms with van der Waals surface area (Å²) in [6, 6.07) is 35.9. The van der Waals surface area contributed by atoms with E-state index in [2.05, 4.69) is 10.6 Å². The topological polar surface area (TPSA) is 57.2 Å². The summed E-state index contributed by atoms with van der Waals surface area (Å²) in [5.74, 6) is 1.05. The minimum Gasteiger partial charge on any atom is -0.457 e. The van der Waals surface area contributed by atoms with E-state index in [-0.39, 0.29) is 0 Å². The van der Waals surface area contributed by atoms with Crippen LogP contribution in [0.15, 0.2) is 103 Å². The van der Waals surface area contributed by atoms with E-state index >= 15 is 0 Å². The van der Waals surface area contributed by atoms with Crippen LogP contribution in [0.4, 0.5) is 0 Å². The molecule has 0 saturated heterocycles. The molecule has 1 amide bonds. The summed E-state index contributed by atoms with van der Waals surface area (Å²) in [5.41, 5.74) is 10.6. The quantitative estimate of drug-likeness (QED) is 0.232. The molecule has 0 unspecified atom stereocenters. The van der Waals surface area contributed by atoms with E-state index in [1.807, 2.05) is 97.1 Å². The van der Waals surface area contributed by atoms with Gasteiger partial charge < -0.3 is 15.0 Å². The number of rotatable bonds is 6. The Hall–Kier alpha value is -4.25. The Balaban J connectivity index is 1.48. The second-order valence-electron chi connectivity index (χ2n) is 8.95. The molecule has 2 N–H and O–H groups in total. The first-order chi connectivity index (χ1) is 18.5. The Morgan fingerprint density at radius 3 is 2.21 bits per heavy atom. The van der Waals surface area contributed by atoms with Crippen molar-refractivity contribution in [2.45, 2.75) is 6.54 Å². The third-order valence-electron chi connectivity index (χ3n) is 6.55. The highest BCUT2D eigenvalue weighted by atomic mass is 35.5. The van der Waals surface area contributed by atoms with Gasteiger partial charge >= 0.3 is 0 Å². The first-order valence-corrected chi connectivity index (χ1v) is 12.8. The number of nitrogens with two attached hydrogens (primary N) is 1. The number of para-hydroxylation sites is 1. The maximum absolute atomic E-state index is 12.3. The maximum Gasteiger partial charge on any atom is 0.249 e. The van der Waals surface area contributed by atoms with E-state index in [0.717, 1.165) is 50.0 Å². The van der Waals surface area contributed by atoms with E-state index in [9.17, 15) is 4.79 Å². The molecule has 1 aromatic heterocycles. The zero-order chi connectivity index (χ0) is 26.2. The molecule has 0 spiro atoms. The highest BCUT2D eigenvalue weighted by Gasteiger charge is 2.19. The highest BCUT2D eigenvalue weighted by molar-refractivity contribution is 6.39. The van der Waals surface area contributed by atoms with Crippen LogP contribution in [0, 0.1) is 6.07 Å². The third-order valence-corrected chi connectivity index (χ3v) is 7.18. The molecule has 5 aromatic carbocycles. The molecule has 6 heteroatoms. The fraction of sp³-hybridized carbons (Fsp3) is 0.0312. The first-order valence-electron chi connectivity index (χ1n) is 12.0. The summed E-state index contributed by atoms with van der Waals surface area (Å²) in [6.07, 6.45) is 0. The van der Waals surface area contributed by atoms with Gasteiger partial charge in [-0.15, -0.1) is 0 Å². The molecule has 6 aromatic rings. The van der Waals surface area contributed by atoms with E-state index < -0.39 is 5.91 Å². The predicted molar refractivity (Wildman–Crippen MR) is 154 cm³/mol. The minimum atomic E-state index is -0.483. The summed E-state index contributed by atoms with van der Waals surface area (Å²) in [5, 5.41) is 2.70. The van der Waals surface area contributed by atoms with Gasteiger partial charge in [0.2, 0.25) is 5.91 Å². The number of nitrogens with zero attached hydrogens (tertiary/aromatic N) is 1. The molecule has 0 atom stereocenters. The summed E-state index contributed by atoms with van der Waals surface area (Å²) < 4.78 is 8.11. The Morgan fingerprint density at radius 2 is 1.50 bits per heavy atom. The number of fused-ring (bicyclic) bond motifs is 3. The Labute approximate surface area is 229 Å². The molecular weight excluding hydrogens is 515 g/mol. The van der Waals surface area contributed by atoms with Crippen LogP contribution in [-0.4, -0.2) is 10.5 Å². The zero-order valence-electron chi connectivity index (χ0n) is 20.1. The molecule has 38 heavy (non-hydrogen) atoms. The van der Waals surface area contributed by atoms with Gasteiger partial charge in [0.1, 0.15) is 11.5 Å². The Bertz CT molecular complexity index is 1790. The number of hydrogen-bond donors (Lipinski definition) is 1. The number of aromatic nitrogens is 1. The molecule has 1 heterocycles. The Kier molecular flexibility index (Phi) is 6.28. The second kappa shape index (κ2) is 9.90. The van der Waals surface area contributed by atoms with Crippen LogP contribution in [0.5, 0.6) is 11.5 Å². The molecule has 1 radical (unpaired) electrons. The number of primary amides is 1. The number of benzene rings is 5. The van der Waals surface area contributed by atoms with Gasteiger partial charge in [-0.25, -0.2) is 0 Å². The van der Waals surface area contributed by atoms with Crippen molar-refractivity contribution in [1.29, 1.82) is 0 Å². The van der Waals surface area contributed by atoms with E-state index in [4.69, 9.17) is 33.7 Å². The molecule has 0 aliphatic heterocycles. The Morgan fingerprint density at radius 1 is 0.816 bits per heavy atom. The van der Waals surface area contributed by atoms with Crippen molar-refractivity contribution in [1.82, 2.24) is 4.57 Å². The van der Waals surface area contributed by atoms with Crippen molar-refractivity contribution < 1.29 is 9.53 Å². The number of halogens is 2. The lowest BCUT2D eigenvalue weighted by Crippen LogP contribution is -2.11. The minimum absolute atomic E-state index is 0.456. The van der Waals surface area contributed by atoms with Crippen LogP contribution in [0.1, 0.15) is 15.9 Å². The van der Waals surface area contributed by atoms with Crippen LogP contribution in [0.2, 0.25) is 10.0 Å². The van der Waals surface area contributed by atoms with Crippen LogP contribution in [-0.2, 0) is 6.54 Å². The smallest absolute Gasteiger partial charge is 0.249 e. The van der Waals surface area contributed by atoms with Crippen molar-refractivity contribution in [2.75, 3.05) is 0 Å². The van der Waals surface area contributed by atoms with Crippen LogP contribution in [0.25, 0.3) is 32.9 Å². The standard InChI is InChI=1S/C32H21Cl2N2O2/c33-26-9-5-10-27(34)30(26)21-14-17-24-29(18-21)36(28-11-4-8-25(31(24)28)32(35)37)19-20-12-15-23(16-13-20)38-22-6-2-1-3-7-22/h1-16,18H,19H2,(H2,35,37). The van der Waals surface area contributed by atoms with Crippen molar-refractivity contribution in [3.05, 3.63) is 130 Å². The van der Waals surface area contributed by atoms with Gasteiger partial charge in [-0.2, -0.15) is 0 Å². The van der Waals surface area contributed by atoms with Gasteiger partial charge in [0.25, 0.3) is 0 Å². The van der Waals surface area contributed by atoms with Crippen LogP contribution >= 0.6 is 23.2 Å². The van der Waals surface area contributed by atoms with Gasteiger partial charge in [-0.3, -0.25) is 4.79 Å². The van der Waals surface area contributed by atoms with Crippen LogP contribution < -0.4 is 10.5 Å². The third kappa shape index (κ3) is 4.38. The van der Waals surface area contributed by atoms with Crippen molar-refractivity contribution in [3.8, 4) is 22.6 Å². The monoisotopic (exact) mass is 535 g/mol. The van der Waals surface area contributed by atoms with Gasteiger partial charge in [-0.05, 0) is 77.9 Å². The van der Waals surface area contributed by atoms with E-state index in [0.29, 0.717) is 22.2 Å². The van der Waals surface area contributed by atoms with E-state index in [1.54, 1.807) is 6.07 Å². The van der Waals surface area contributed by atoms with Crippen LogP contribution in [0.3, 0.4) is 0 Å². The normalized spacial score (nSPS) is 11.2. The van der Waals surface area contributed by atoms with Gasteiger partial charge in [0, 0.05) is 38.5 Å². The van der Waals surface area contributed by atoms with Crippen molar-refractivity contribution >= 4 is 50.9 Å². The largest absolute Gasteiger partial charge is 0.457 e. The summed E-state index contributed by atoms with van der Waals surface area (Å²) in [4.78, 5) is 12.3. The maximum atomic E-state index is 12.3. The van der Waals surface area contributed by atoms with Crippen molar-refractivity contribution in [3.63, 3.8) is 0 Å². The molecule has 6 rings (SSSR count). The lowest BCUT2D eigenvalue weighted by Gasteiger charge is -2.11. The number of hydrogen-bond acceptors (Lipinski definition) is 2. The molecule has 4 nitrogen and oxygen atoms in total. The average molecular weight is 536 g/mol. The zero-order valence-corrected chi connectivity index (χ0v) is 21.6. The number of ether oxygens (including phenoxy) is 1. The SMILES string of the molecule is NC(=O)c1cccc2c1c1[c]cc(-c3c(Cl)cccc3Cl)cc1n2Cc1ccc(Oc2ccccc2)cc1. The highest BCUT2D eigenvalue weighted by Crippen LogP contribution is 2.39. The average Bonchev–Trinajstić information content (AvgIpc) is 3.23. The fourth-order valence-electron chi connectivity index (χ4n) is 4.82. The summed E-state index contributed by atoms with van der Waals surface area (Å²) in [6.45, 7) is 0.557. The summed E-state index contributed by atoms with van der Waals surface area (Å²) >= 11 is 13.0. The molecule has 0 aliphatic carbocycles. The first kappa shape index (κ1) is 24.1. The summed E-state index contributed by atoms with van der Waals surface area (Å²) in [7, 11) is 0. The molecule has 0 aliphatic rings. The van der Waals surface area contributed by atoms with Gasteiger partial charge in [0.15, 0.2) is 0 Å². The van der Waals surface area contributed by atoms with Crippen molar-refractivity contribution in [2.24, 2.45) is 5.73 Å². The molecule has 0 saturated carbocycles. The number of carbonyl (C=O) groups excluding carboxylic acids is 1. The second-order valence-corrected chi connectivity index (χ2v) is 9.77. The fourth-order valence-corrected chi connectivity index (χ4v) is 5.44. The molecule has 0 bridgehead atoms. The number of carbonyl (C=O) groups is 1. The van der Waals surface area contributed by atoms with Gasteiger partial charge in [0.05, 0.1) is 11.0 Å². The number of amides is 1. The molecule has 0 fully saturated rings. The predicted octanol–water partition coefficient (Wildman–Crippen LogP) is 8.51. The lowest BCUT2D eigenvalue weighted by molar-refractivity contribution is 0.100.